The highest BCUT2D eigenvalue weighted by atomic mass is 16.5. The van der Waals surface area contributed by atoms with Crippen molar-refractivity contribution in [3.05, 3.63) is 35.4 Å². The molecular formula is C14H19NO4. The fraction of sp³-hybridized carbons (Fsp3) is 0.429. The third-order valence-electron chi connectivity index (χ3n) is 2.52. The molecule has 19 heavy (non-hydrogen) atoms. The van der Waals surface area contributed by atoms with Crippen LogP contribution in [-0.4, -0.2) is 29.1 Å². The summed E-state index contributed by atoms with van der Waals surface area (Å²) in [6.45, 7) is 5.82. The SMILES string of the molecule is CC(C)OCc1ccc(C(=O)N[C@H](C)C(=O)O)cc1. The van der Waals surface area contributed by atoms with E-state index in [2.05, 4.69) is 5.32 Å². The smallest absolute Gasteiger partial charge is 0.325 e. The van der Waals surface area contributed by atoms with Gasteiger partial charge in [0, 0.05) is 5.56 Å². The summed E-state index contributed by atoms with van der Waals surface area (Å²) in [6.07, 6.45) is 0.152. The second-order valence-corrected chi connectivity index (χ2v) is 4.59. The van der Waals surface area contributed by atoms with Crippen molar-refractivity contribution in [1.29, 1.82) is 0 Å². The van der Waals surface area contributed by atoms with Crippen molar-refractivity contribution in [3.63, 3.8) is 0 Å². The first-order chi connectivity index (χ1) is 8.90. The Morgan fingerprint density at radius 1 is 1.21 bits per heavy atom. The van der Waals surface area contributed by atoms with Crippen molar-refractivity contribution in [3.8, 4) is 0 Å². The molecule has 0 aromatic heterocycles. The highest BCUT2D eigenvalue weighted by molar-refractivity contribution is 5.96. The molecule has 0 spiro atoms. The number of hydrogen-bond acceptors (Lipinski definition) is 3. The van der Waals surface area contributed by atoms with E-state index < -0.39 is 17.9 Å². The first-order valence-corrected chi connectivity index (χ1v) is 6.14. The van der Waals surface area contributed by atoms with Crippen LogP contribution >= 0.6 is 0 Å². The first kappa shape index (κ1) is 15.2. The molecule has 0 fully saturated rings. The third-order valence-corrected chi connectivity index (χ3v) is 2.52. The van der Waals surface area contributed by atoms with E-state index in [-0.39, 0.29) is 6.10 Å². The Morgan fingerprint density at radius 2 is 1.79 bits per heavy atom. The summed E-state index contributed by atoms with van der Waals surface area (Å²) >= 11 is 0. The Kier molecular flexibility index (Phi) is 5.51. The number of carboxylic acids is 1. The van der Waals surface area contributed by atoms with Crippen molar-refractivity contribution in [2.24, 2.45) is 0 Å². The summed E-state index contributed by atoms with van der Waals surface area (Å²) in [7, 11) is 0. The zero-order chi connectivity index (χ0) is 14.4. The minimum absolute atomic E-state index is 0.152. The topological polar surface area (TPSA) is 75.6 Å². The van der Waals surface area contributed by atoms with E-state index in [1.165, 1.54) is 6.92 Å². The van der Waals surface area contributed by atoms with Crippen LogP contribution in [0.4, 0.5) is 0 Å². The van der Waals surface area contributed by atoms with Crippen molar-refractivity contribution in [2.75, 3.05) is 0 Å². The number of amides is 1. The lowest BCUT2D eigenvalue weighted by molar-refractivity contribution is -0.138. The summed E-state index contributed by atoms with van der Waals surface area (Å²) in [5.41, 5.74) is 1.40. The molecule has 5 heteroatoms. The molecule has 0 aliphatic heterocycles. The van der Waals surface area contributed by atoms with Crippen LogP contribution in [0.2, 0.25) is 0 Å². The van der Waals surface area contributed by atoms with E-state index in [0.717, 1.165) is 5.56 Å². The van der Waals surface area contributed by atoms with Gasteiger partial charge in [0.1, 0.15) is 6.04 Å². The van der Waals surface area contributed by atoms with Crippen molar-refractivity contribution < 1.29 is 19.4 Å². The summed E-state index contributed by atoms with van der Waals surface area (Å²) in [5.74, 6) is -1.46. The largest absolute Gasteiger partial charge is 0.480 e. The Balaban J connectivity index is 2.60. The fourth-order valence-electron chi connectivity index (χ4n) is 1.36. The molecule has 0 unspecified atom stereocenters. The average molecular weight is 265 g/mol. The van der Waals surface area contributed by atoms with Gasteiger partial charge in [-0.2, -0.15) is 0 Å². The molecule has 0 aliphatic carbocycles. The number of ether oxygens (including phenoxy) is 1. The molecule has 104 valence electrons. The van der Waals surface area contributed by atoms with Gasteiger partial charge in [0.15, 0.2) is 0 Å². The van der Waals surface area contributed by atoms with E-state index >= 15 is 0 Å². The lowest BCUT2D eigenvalue weighted by Gasteiger charge is -2.10. The molecule has 0 radical (unpaired) electrons. The van der Waals surface area contributed by atoms with Crippen molar-refractivity contribution in [2.45, 2.75) is 39.5 Å². The predicted octanol–water partition coefficient (Wildman–Crippen LogP) is 1.81. The summed E-state index contributed by atoms with van der Waals surface area (Å²) in [6, 6.07) is 5.99. The maximum Gasteiger partial charge on any atom is 0.325 e. The molecule has 1 atom stereocenters. The van der Waals surface area contributed by atoms with Crippen LogP contribution in [0.1, 0.15) is 36.7 Å². The van der Waals surface area contributed by atoms with Crippen LogP contribution in [0.5, 0.6) is 0 Å². The van der Waals surface area contributed by atoms with Gasteiger partial charge in [0.25, 0.3) is 5.91 Å². The molecule has 1 aromatic rings. The molecule has 1 amide bonds. The van der Waals surface area contributed by atoms with Crippen LogP contribution in [-0.2, 0) is 16.1 Å². The number of benzene rings is 1. The molecular weight excluding hydrogens is 246 g/mol. The Bertz CT molecular complexity index is 439. The Morgan fingerprint density at radius 3 is 2.26 bits per heavy atom. The zero-order valence-corrected chi connectivity index (χ0v) is 11.3. The van der Waals surface area contributed by atoms with E-state index in [0.29, 0.717) is 12.2 Å². The maximum absolute atomic E-state index is 11.7. The second kappa shape index (κ2) is 6.89. The molecule has 1 rings (SSSR count). The molecule has 0 bridgehead atoms. The molecule has 0 heterocycles. The monoisotopic (exact) mass is 265 g/mol. The summed E-state index contributed by atoms with van der Waals surface area (Å²) in [4.78, 5) is 22.4. The van der Waals surface area contributed by atoms with E-state index in [1.807, 2.05) is 13.8 Å². The number of aliphatic carboxylic acids is 1. The normalized spacial score (nSPS) is 12.2. The maximum atomic E-state index is 11.7. The van der Waals surface area contributed by atoms with Crippen LogP contribution in [0.15, 0.2) is 24.3 Å². The van der Waals surface area contributed by atoms with E-state index in [1.54, 1.807) is 24.3 Å². The summed E-state index contributed by atoms with van der Waals surface area (Å²) < 4.78 is 5.45. The number of rotatable bonds is 6. The number of carbonyl (C=O) groups is 2. The minimum atomic E-state index is -1.06. The zero-order valence-electron chi connectivity index (χ0n) is 11.3. The van der Waals surface area contributed by atoms with E-state index in [9.17, 15) is 9.59 Å². The number of nitrogens with one attached hydrogen (secondary N) is 1. The van der Waals surface area contributed by atoms with E-state index in [4.69, 9.17) is 9.84 Å². The molecule has 5 nitrogen and oxygen atoms in total. The molecule has 0 saturated carbocycles. The van der Waals surface area contributed by atoms with Gasteiger partial charge in [-0.25, -0.2) is 0 Å². The molecule has 0 saturated heterocycles. The van der Waals surface area contributed by atoms with Gasteiger partial charge in [-0.05, 0) is 38.5 Å². The third kappa shape index (κ3) is 5.09. The number of carbonyl (C=O) groups excluding carboxylic acids is 1. The van der Waals surface area contributed by atoms with Crippen LogP contribution in [0.3, 0.4) is 0 Å². The number of carboxylic acid groups (broad SMARTS) is 1. The van der Waals surface area contributed by atoms with Gasteiger partial charge in [-0.3, -0.25) is 9.59 Å². The second-order valence-electron chi connectivity index (χ2n) is 4.59. The lowest BCUT2D eigenvalue weighted by Crippen LogP contribution is -2.38. The quantitative estimate of drug-likeness (QED) is 0.822. The minimum Gasteiger partial charge on any atom is -0.480 e. The van der Waals surface area contributed by atoms with Crippen molar-refractivity contribution >= 4 is 11.9 Å². The van der Waals surface area contributed by atoms with Crippen LogP contribution < -0.4 is 5.32 Å². The van der Waals surface area contributed by atoms with Gasteiger partial charge < -0.3 is 15.2 Å². The van der Waals surface area contributed by atoms with Gasteiger partial charge in [0.05, 0.1) is 12.7 Å². The highest BCUT2D eigenvalue weighted by Gasteiger charge is 2.14. The average Bonchev–Trinajstić information content (AvgIpc) is 2.36. The number of hydrogen-bond donors (Lipinski definition) is 2. The van der Waals surface area contributed by atoms with Gasteiger partial charge in [-0.1, -0.05) is 12.1 Å². The van der Waals surface area contributed by atoms with Gasteiger partial charge in [0.2, 0.25) is 0 Å². The lowest BCUT2D eigenvalue weighted by atomic mass is 10.1. The Labute approximate surface area is 112 Å². The molecule has 1 aromatic carbocycles. The first-order valence-electron chi connectivity index (χ1n) is 6.14. The highest BCUT2D eigenvalue weighted by Crippen LogP contribution is 2.07. The van der Waals surface area contributed by atoms with Crippen LogP contribution in [0.25, 0.3) is 0 Å². The van der Waals surface area contributed by atoms with Gasteiger partial charge >= 0.3 is 5.97 Å². The standard InChI is InChI=1S/C14H19NO4/c1-9(2)19-8-11-4-6-12(7-5-11)13(16)15-10(3)14(17)18/h4-7,9-10H,8H2,1-3H3,(H,15,16)(H,17,18)/t10-/m1/s1. The summed E-state index contributed by atoms with van der Waals surface area (Å²) in [5, 5.41) is 11.1. The predicted molar refractivity (Wildman–Crippen MR) is 70.9 cm³/mol. The fourth-order valence-corrected chi connectivity index (χ4v) is 1.36. The van der Waals surface area contributed by atoms with Crippen molar-refractivity contribution in [1.82, 2.24) is 5.32 Å². The molecule has 0 aliphatic rings. The van der Waals surface area contributed by atoms with Crippen LogP contribution in [0, 0.1) is 0 Å². The molecule has 2 N–H and O–H groups in total. The Hall–Kier alpha value is -1.88. The van der Waals surface area contributed by atoms with Gasteiger partial charge in [-0.15, -0.1) is 0 Å².